The smallest absolute Gasteiger partial charge is 0.261 e. The molecule has 6 nitrogen and oxygen atoms in total. The van der Waals surface area contributed by atoms with Gasteiger partial charge in [-0.2, -0.15) is 0 Å². The third-order valence-electron chi connectivity index (χ3n) is 4.40. The third kappa shape index (κ3) is 6.78. The predicted octanol–water partition coefficient (Wildman–Crippen LogP) is 3.78. The molecule has 156 valence electrons. The van der Waals surface area contributed by atoms with E-state index in [4.69, 9.17) is 9.47 Å². The lowest BCUT2D eigenvalue weighted by Gasteiger charge is -2.28. The summed E-state index contributed by atoms with van der Waals surface area (Å²) in [7, 11) is 1.55. The first-order valence-electron chi connectivity index (χ1n) is 9.53. The topological polar surface area (TPSA) is 67.9 Å². The number of nitrogens with one attached hydrogen (secondary N) is 1. The van der Waals surface area contributed by atoms with Crippen LogP contribution in [0.5, 0.6) is 11.5 Å². The van der Waals surface area contributed by atoms with Crippen LogP contribution in [0.15, 0.2) is 53.0 Å². The Morgan fingerprint density at radius 3 is 2.38 bits per heavy atom. The molecule has 0 aromatic heterocycles. The molecule has 0 saturated carbocycles. The molecular formula is C22H27BrN2O4. The average molecular weight is 463 g/mol. The van der Waals surface area contributed by atoms with Crippen molar-refractivity contribution in [2.75, 3.05) is 20.3 Å². The SMILES string of the molecule is CCCNC(=O)[C@@H](C)N(Cc1ccc(Br)cc1)C(=O)COc1ccccc1OC. The van der Waals surface area contributed by atoms with Crippen LogP contribution in [-0.4, -0.2) is 43.0 Å². The summed E-state index contributed by atoms with van der Waals surface area (Å²) in [5.74, 6) is 0.566. The van der Waals surface area contributed by atoms with Crippen LogP contribution in [0.3, 0.4) is 0 Å². The highest BCUT2D eigenvalue weighted by atomic mass is 79.9. The highest BCUT2D eigenvalue weighted by Gasteiger charge is 2.26. The van der Waals surface area contributed by atoms with Gasteiger partial charge in [-0.3, -0.25) is 9.59 Å². The first kappa shape index (κ1) is 22.7. The molecule has 7 heteroatoms. The van der Waals surface area contributed by atoms with Gasteiger partial charge in [0.1, 0.15) is 6.04 Å². The van der Waals surface area contributed by atoms with Gasteiger partial charge in [0, 0.05) is 17.6 Å². The number of hydrogen-bond donors (Lipinski definition) is 1. The first-order valence-corrected chi connectivity index (χ1v) is 10.3. The maximum Gasteiger partial charge on any atom is 0.261 e. The lowest BCUT2D eigenvalue weighted by Crippen LogP contribution is -2.49. The molecule has 2 aromatic rings. The molecule has 0 bridgehead atoms. The van der Waals surface area contributed by atoms with Gasteiger partial charge in [-0.25, -0.2) is 0 Å². The van der Waals surface area contributed by atoms with Gasteiger partial charge in [0.15, 0.2) is 18.1 Å². The first-order chi connectivity index (χ1) is 14.0. The minimum Gasteiger partial charge on any atom is -0.493 e. The summed E-state index contributed by atoms with van der Waals surface area (Å²) in [6.07, 6.45) is 0.829. The monoisotopic (exact) mass is 462 g/mol. The minimum atomic E-state index is -0.626. The second-order valence-electron chi connectivity index (χ2n) is 6.55. The molecule has 0 aliphatic carbocycles. The zero-order valence-corrected chi connectivity index (χ0v) is 18.6. The van der Waals surface area contributed by atoms with Gasteiger partial charge in [-0.05, 0) is 43.2 Å². The normalized spacial score (nSPS) is 11.4. The molecular weight excluding hydrogens is 436 g/mol. The molecule has 0 aliphatic heterocycles. The van der Waals surface area contributed by atoms with Crippen LogP contribution in [-0.2, 0) is 16.1 Å². The molecule has 29 heavy (non-hydrogen) atoms. The second-order valence-corrected chi connectivity index (χ2v) is 7.47. The number of para-hydroxylation sites is 2. The summed E-state index contributed by atoms with van der Waals surface area (Å²) in [4.78, 5) is 27.0. The van der Waals surface area contributed by atoms with E-state index in [9.17, 15) is 9.59 Å². The van der Waals surface area contributed by atoms with Gasteiger partial charge < -0.3 is 19.7 Å². The molecule has 1 N–H and O–H groups in total. The molecule has 2 rings (SSSR count). The van der Waals surface area contributed by atoms with E-state index < -0.39 is 6.04 Å². The molecule has 2 aromatic carbocycles. The molecule has 0 heterocycles. The number of benzene rings is 2. The molecule has 0 fully saturated rings. The Morgan fingerprint density at radius 2 is 1.76 bits per heavy atom. The number of ether oxygens (including phenoxy) is 2. The van der Waals surface area contributed by atoms with E-state index in [0.29, 0.717) is 24.6 Å². The summed E-state index contributed by atoms with van der Waals surface area (Å²) >= 11 is 3.41. The number of carbonyl (C=O) groups excluding carboxylic acids is 2. The van der Waals surface area contributed by atoms with Gasteiger partial charge in [-0.1, -0.05) is 47.1 Å². The van der Waals surface area contributed by atoms with E-state index >= 15 is 0 Å². The van der Waals surface area contributed by atoms with Crippen LogP contribution >= 0.6 is 15.9 Å². The number of amides is 2. The quantitative estimate of drug-likeness (QED) is 0.583. The van der Waals surface area contributed by atoms with Crippen LogP contribution < -0.4 is 14.8 Å². The zero-order valence-electron chi connectivity index (χ0n) is 17.0. The van der Waals surface area contributed by atoms with Gasteiger partial charge in [0.25, 0.3) is 5.91 Å². The van der Waals surface area contributed by atoms with Crippen molar-refractivity contribution in [3.05, 3.63) is 58.6 Å². The molecule has 2 amide bonds. The lowest BCUT2D eigenvalue weighted by atomic mass is 10.1. The molecule has 0 saturated heterocycles. The number of nitrogens with zero attached hydrogens (tertiary/aromatic N) is 1. The van der Waals surface area contributed by atoms with Crippen molar-refractivity contribution in [2.45, 2.75) is 32.9 Å². The summed E-state index contributed by atoms with van der Waals surface area (Å²) in [5.41, 5.74) is 0.925. The van der Waals surface area contributed by atoms with E-state index in [2.05, 4.69) is 21.2 Å². The predicted molar refractivity (Wildman–Crippen MR) is 116 cm³/mol. The Balaban J connectivity index is 2.14. The highest BCUT2D eigenvalue weighted by Crippen LogP contribution is 2.26. The largest absolute Gasteiger partial charge is 0.493 e. The molecule has 0 radical (unpaired) electrons. The van der Waals surface area contributed by atoms with Crippen LogP contribution in [0.25, 0.3) is 0 Å². The second kappa shape index (κ2) is 11.5. The van der Waals surface area contributed by atoms with Crippen molar-refractivity contribution in [1.29, 1.82) is 0 Å². The molecule has 1 atom stereocenters. The molecule has 0 aliphatic rings. The Labute approximate surface area is 180 Å². The molecule has 0 spiro atoms. The van der Waals surface area contributed by atoms with Gasteiger partial charge in [0.05, 0.1) is 7.11 Å². The fraction of sp³-hybridized carbons (Fsp3) is 0.364. The third-order valence-corrected chi connectivity index (χ3v) is 4.93. The Bertz CT molecular complexity index is 811. The Kier molecular flexibility index (Phi) is 8.99. The van der Waals surface area contributed by atoms with Crippen molar-refractivity contribution < 1.29 is 19.1 Å². The number of hydrogen-bond acceptors (Lipinski definition) is 4. The van der Waals surface area contributed by atoms with Crippen LogP contribution in [0, 0.1) is 0 Å². The summed E-state index contributed by atoms with van der Waals surface area (Å²) in [6, 6.07) is 14.2. The summed E-state index contributed by atoms with van der Waals surface area (Å²) in [5, 5.41) is 2.85. The summed E-state index contributed by atoms with van der Waals surface area (Å²) < 4.78 is 11.9. The van der Waals surface area contributed by atoms with Crippen molar-refractivity contribution >= 4 is 27.7 Å². The van der Waals surface area contributed by atoms with Crippen LogP contribution in [0.2, 0.25) is 0 Å². The van der Waals surface area contributed by atoms with E-state index in [0.717, 1.165) is 16.5 Å². The Morgan fingerprint density at radius 1 is 1.10 bits per heavy atom. The van der Waals surface area contributed by atoms with E-state index in [1.807, 2.05) is 43.3 Å². The van der Waals surface area contributed by atoms with Gasteiger partial charge in [-0.15, -0.1) is 0 Å². The van der Waals surface area contributed by atoms with Crippen molar-refractivity contribution in [2.24, 2.45) is 0 Å². The fourth-order valence-electron chi connectivity index (χ4n) is 2.73. The van der Waals surface area contributed by atoms with Gasteiger partial charge >= 0.3 is 0 Å². The van der Waals surface area contributed by atoms with E-state index in [-0.39, 0.29) is 18.4 Å². The zero-order chi connectivity index (χ0) is 21.2. The Hall–Kier alpha value is -2.54. The fourth-order valence-corrected chi connectivity index (χ4v) is 2.99. The van der Waals surface area contributed by atoms with Crippen molar-refractivity contribution in [1.82, 2.24) is 10.2 Å². The van der Waals surface area contributed by atoms with Crippen LogP contribution in [0.1, 0.15) is 25.8 Å². The maximum absolute atomic E-state index is 13.0. The number of methoxy groups -OCH3 is 1. The van der Waals surface area contributed by atoms with Gasteiger partial charge in [0.2, 0.25) is 5.91 Å². The lowest BCUT2D eigenvalue weighted by molar-refractivity contribution is -0.142. The van der Waals surface area contributed by atoms with Crippen molar-refractivity contribution in [3.63, 3.8) is 0 Å². The standard InChI is InChI=1S/C22H27BrN2O4/c1-4-13-24-22(27)16(2)25(14-17-9-11-18(23)12-10-17)21(26)15-29-20-8-6-5-7-19(20)28-3/h5-12,16H,4,13-15H2,1-3H3,(H,24,27)/t16-/m1/s1. The maximum atomic E-state index is 13.0. The average Bonchev–Trinajstić information content (AvgIpc) is 2.75. The highest BCUT2D eigenvalue weighted by molar-refractivity contribution is 9.10. The molecule has 0 unspecified atom stereocenters. The van der Waals surface area contributed by atoms with Crippen molar-refractivity contribution in [3.8, 4) is 11.5 Å². The van der Waals surface area contributed by atoms with Crippen LogP contribution in [0.4, 0.5) is 0 Å². The minimum absolute atomic E-state index is 0.186. The number of carbonyl (C=O) groups is 2. The number of halogens is 1. The summed E-state index contributed by atoms with van der Waals surface area (Å²) in [6.45, 7) is 4.40. The van der Waals surface area contributed by atoms with E-state index in [1.54, 1.807) is 26.2 Å². The van der Waals surface area contributed by atoms with E-state index in [1.165, 1.54) is 4.90 Å². The number of rotatable bonds is 10.